The highest BCUT2D eigenvalue weighted by Gasteiger charge is 2.06. The van der Waals surface area contributed by atoms with Gasteiger partial charge in [-0.05, 0) is 26.0 Å². The summed E-state index contributed by atoms with van der Waals surface area (Å²) in [5.74, 6) is 0. The third kappa shape index (κ3) is 4.15. The second-order valence-corrected chi connectivity index (χ2v) is 4.61. The van der Waals surface area contributed by atoms with Crippen molar-refractivity contribution < 1.29 is 4.74 Å². The highest BCUT2D eigenvalue weighted by molar-refractivity contribution is 5.61. The maximum absolute atomic E-state index is 5.48. The van der Waals surface area contributed by atoms with E-state index in [1.807, 2.05) is 38.4 Å². The predicted octanol–water partition coefficient (Wildman–Crippen LogP) is 1.99. The molecule has 2 N–H and O–H groups in total. The molecule has 0 amide bonds. The maximum Gasteiger partial charge on any atom is 0.0710 e. The molecule has 0 aromatic carbocycles. The smallest absolute Gasteiger partial charge is 0.0710 e. The van der Waals surface area contributed by atoms with Gasteiger partial charge in [0.05, 0.1) is 24.6 Å². The van der Waals surface area contributed by atoms with Crippen LogP contribution in [0.4, 0.5) is 0 Å². The second-order valence-electron chi connectivity index (χ2n) is 4.61. The molecule has 0 radical (unpaired) electrons. The number of hydrogen-bond acceptors (Lipinski definition) is 4. The summed E-state index contributed by atoms with van der Waals surface area (Å²) in [6.45, 7) is 6.39. The Morgan fingerprint density at radius 3 is 3.00 bits per heavy atom. The van der Waals surface area contributed by atoms with E-state index < -0.39 is 0 Å². The van der Waals surface area contributed by atoms with Crippen molar-refractivity contribution in [1.82, 2.24) is 20.5 Å². The molecule has 0 aliphatic carbocycles. The molecule has 2 aromatic heterocycles. The Hall–Kier alpha value is -1.72. The first kappa shape index (κ1) is 13.7. The number of nitrogens with one attached hydrogen (secondary N) is 2. The van der Waals surface area contributed by atoms with Crippen molar-refractivity contribution >= 4 is 0 Å². The van der Waals surface area contributed by atoms with Gasteiger partial charge in [0.2, 0.25) is 0 Å². The van der Waals surface area contributed by atoms with Crippen LogP contribution in [0.25, 0.3) is 11.3 Å². The summed E-state index contributed by atoms with van der Waals surface area (Å²) in [5, 5.41) is 10.5. The monoisotopic (exact) mass is 260 g/mol. The van der Waals surface area contributed by atoms with Gasteiger partial charge in [0.25, 0.3) is 0 Å². The minimum atomic E-state index is 0.279. The lowest BCUT2D eigenvalue weighted by atomic mass is 10.1. The van der Waals surface area contributed by atoms with Gasteiger partial charge in [0.1, 0.15) is 0 Å². The van der Waals surface area contributed by atoms with E-state index >= 15 is 0 Å². The largest absolute Gasteiger partial charge is 0.377 e. The number of H-pyrrole nitrogens is 1. The zero-order chi connectivity index (χ0) is 13.5. The fourth-order valence-corrected chi connectivity index (χ4v) is 1.80. The van der Waals surface area contributed by atoms with E-state index in [0.29, 0.717) is 0 Å². The molecule has 0 bridgehead atoms. The summed E-state index contributed by atoms with van der Waals surface area (Å²) >= 11 is 0. The van der Waals surface area contributed by atoms with Crippen LogP contribution in [-0.4, -0.2) is 34.4 Å². The van der Waals surface area contributed by atoms with Gasteiger partial charge in [-0.3, -0.25) is 10.1 Å². The summed E-state index contributed by atoms with van der Waals surface area (Å²) in [4.78, 5) is 4.12. The van der Waals surface area contributed by atoms with Crippen LogP contribution in [0.15, 0.2) is 30.7 Å². The van der Waals surface area contributed by atoms with Gasteiger partial charge in [0.15, 0.2) is 0 Å². The summed E-state index contributed by atoms with van der Waals surface area (Å²) in [6.07, 6.45) is 5.72. The molecule has 5 heteroatoms. The van der Waals surface area contributed by atoms with Gasteiger partial charge in [-0.15, -0.1) is 0 Å². The average molecular weight is 260 g/mol. The third-order valence-corrected chi connectivity index (χ3v) is 2.71. The number of aromatic nitrogens is 3. The topological polar surface area (TPSA) is 62.8 Å². The van der Waals surface area contributed by atoms with Gasteiger partial charge in [-0.1, -0.05) is 0 Å². The first-order valence-corrected chi connectivity index (χ1v) is 6.52. The van der Waals surface area contributed by atoms with E-state index in [2.05, 4.69) is 20.5 Å². The average Bonchev–Trinajstić information content (AvgIpc) is 2.87. The molecular formula is C14H20N4O. The van der Waals surface area contributed by atoms with Crippen LogP contribution in [0, 0.1) is 0 Å². The normalized spacial score (nSPS) is 11.1. The highest BCUT2D eigenvalue weighted by atomic mass is 16.5. The Balaban J connectivity index is 1.87. The summed E-state index contributed by atoms with van der Waals surface area (Å²) in [6, 6.07) is 3.94. The Labute approximate surface area is 113 Å². The Morgan fingerprint density at radius 1 is 1.37 bits per heavy atom. The first-order chi connectivity index (χ1) is 9.27. The molecule has 102 valence electrons. The lowest BCUT2D eigenvalue weighted by molar-refractivity contribution is 0.0807. The van der Waals surface area contributed by atoms with Crippen molar-refractivity contribution in [2.75, 3.05) is 13.2 Å². The standard InChI is InChI=1S/C14H20N4O/c1-11(2)19-7-6-16-9-13-10-17-18-14(13)12-4-3-5-15-8-12/h3-5,8,10-11,16H,6-7,9H2,1-2H3,(H,17,18). The molecule has 5 nitrogen and oxygen atoms in total. The molecule has 0 aliphatic heterocycles. The molecule has 0 atom stereocenters. The Kier molecular flexibility index (Phi) is 5.06. The summed E-state index contributed by atoms with van der Waals surface area (Å²) in [7, 11) is 0. The van der Waals surface area contributed by atoms with Crippen LogP contribution >= 0.6 is 0 Å². The van der Waals surface area contributed by atoms with E-state index in [0.717, 1.165) is 36.5 Å². The fourth-order valence-electron chi connectivity index (χ4n) is 1.80. The van der Waals surface area contributed by atoms with Crippen molar-refractivity contribution in [3.05, 3.63) is 36.3 Å². The minimum absolute atomic E-state index is 0.279. The zero-order valence-corrected chi connectivity index (χ0v) is 11.4. The van der Waals surface area contributed by atoms with Crippen LogP contribution in [0.3, 0.4) is 0 Å². The van der Waals surface area contributed by atoms with E-state index in [-0.39, 0.29) is 6.10 Å². The van der Waals surface area contributed by atoms with Crippen LogP contribution in [-0.2, 0) is 11.3 Å². The number of nitrogens with zero attached hydrogens (tertiary/aromatic N) is 2. The molecule has 0 saturated carbocycles. The molecular weight excluding hydrogens is 240 g/mol. The second kappa shape index (κ2) is 7.01. The van der Waals surface area contributed by atoms with E-state index in [4.69, 9.17) is 4.74 Å². The van der Waals surface area contributed by atoms with Crippen LogP contribution < -0.4 is 5.32 Å². The van der Waals surface area contributed by atoms with Crippen LogP contribution in [0.2, 0.25) is 0 Å². The van der Waals surface area contributed by atoms with Crippen LogP contribution in [0.1, 0.15) is 19.4 Å². The minimum Gasteiger partial charge on any atom is -0.377 e. The fraction of sp³-hybridized carbons (Fsp3) is 0.429. The Morgan fingerprint density at radius 2 is 2.26 bits per heavy atom. The van der Waals surface area contributed by atoms with Gasteiger partial charge in [-0.2, -0.15) is 5.10 Å². The number of rotatable bonds is 7. The molecule has 0 unspecified atom stereocenters. The predicted molar refractivity (Wildman–Crippen MR) is 74.6 cm³/mol. The highest BCUT2D eigenvalue weighted by Crippen LogP contribution is 2.19. The molecule has 0 spiro atoms. The van der Waals surface area contributed by atoms with Gasteiger partial charge in [-0.25, -0.2) is 0 Å². The lowest BCUT2D eigenvalue weighted by Gasteiger charge is -2.08. The van der Waals surface area contributed by atoms with Crippen molar-refractivity contribution in [2.24, 2.45) is 0 Å². The van der Waals surface area contributed by atoms with Gasteiger partial charge >= 0.3 is 0 Å². The molecule has 0 saturated heterocycles. The van der Waals surface area contributed by atoms with Crippen LogP contribution in [0.5, 0.6) is 0 Å². The summed E-state index contributed by atoms with van der Waals surface area (Å²) < 4.78 is 5.48. The Bertz CT molecular complexity index is 481. The number of aromatic amines is 1. The molecule has 19 heavy (non-hydrogen) atoms. The van der Waals surface area contributed by atoms with Crippen molar-refractivity contribution in [1.29, 1.82) is 0 Å². The summed E-state index contributed by atoms with van der Waals surface area (Å²) in [5.41, 5.74) is 3.21. The number of pyridine rings is 1. The molecule has 2 heterocycles. The zero-order valence-electron chi connectivity index (χ0n) is 11.4. The van der Waals surface area contributed by atoms with E-state index in [1.54, 1.807) is 6.20 Å². The molecule has 0 aliphatic rings. The quantitative estimate of drug-likeness (QED) is 0.747. The lowest BCUT2D eigenvalue weighted by Crippen LogP contribution is -2.21. The van der Waals surface area contributed by atoms with Gasteiger partial charge in [0, 0.05) is 36.6 Å². The number of hydrogen-bond donors (Lipinski definition) is 2. The van der Waals surface area contributed by atoms with Crippen molar-refractivity contribution in [2.45, 2.75) is 26.5 Å². The third-order valence-electron chi connectivity index (χ3n) is 2.71. The van der Waals surface area contributed by atoms with E-state index in [9.17, 15) is 0 Å². The molecule has 2 rings (SSSR count). The SMILES string of the molecule is CC(C)OCCNCc1cn[nH]c1-c1cccnc1. The first-order valence-electron chi connectivity index (χ1n) is 6.52. The van der Waals surface area contributed by atoms with Gasteiger partial charge < -0.3 is 10.1 Å². The number of ether oxygens (including phenoxy) is 1. The van der Waals surface area contributed by atoms with E-state index in [1.165, 1.54) is 0 Å². The maximum atomic E-state index is 5.48. The van der Waals surface area contributed by atoms with Crippen molar-refractivity contribution in [3.63, 3.8) is 0 Å². The molecule has 2 aromatic rings. The molecule has 0 fully saturated rings. The van der Waals surface area contributed by atoms with Crippen molar-refractivity contribution in [3.8, 4) is 11.3 Å².